The Balaban J connectivity index is 0.000000179. The zero-order valence-electron chi connectivity index (χ0n) is 13.1. The molecule has 2 N–H and O–H groups in total. The average molecular weight is 332 g/mol. The lowest BCUT2D eigenvalue weighted by molar-refractivity contribution is 0.257. The van der Waals surface area contributed by atoms with Gasteiger partial charge in [-0.2, -0.15) is 0 Å². The Labute approximate surface area is 140 Å². The van der Waals surface area contributed by atoms with Crippen molar-refractivity contribution in [1.29, 1.82) is 0 Å². The van der Waals surface area contributed by atoms with Crippen LogP contribution in [0.2, 0.25) is 0 Å². The molecule has 4 rings (SSSR count). The minimum atomic E-state index is 0.0880. The molecule has 0 bridgehead atoms. The van der Waals surface area contributed by atoms with Crippen molar-refractivity contribution < 1.29 is 29.2 Å². The summed E-state index contributed by atoms with van der Waals surface area (Å²) < 4.78 is 21.2. The van der Waals surface area contributed by atoms with Gasteiger partial charge in [-0.25, -0.2) is 0 Å². The summed E-state index contributed by atoms with van der Waals surface area (Å²) in [7, 11) is 0. The van der Waals surface area contributed by atoms with Crippen LogP contribution in [0.1, 0.15) is 0 Å². The predicted octanol–water partition coefficient (Wildman–Crippen LogP) is 2.34. The molecule has 2 unspecified atom stereocenters. The van der Waals surface area contributed by atoms with Gasteiger partial charge in [-0.3, -0.25) is 0 Å². The highest BCUT2D eigenvalue weighted by Gasteiger charge is 2.23. The van der Waals surface area contributed by atoms with E-state index in [0.29, 0.717) is 25.4 Å². The molecule has 6 heteroatoms. The maximum Gasteiger partial charge on any atom is 0.119 e. The average Bonchev–Trinajstić information content (AvgIpc) is 3.47. The number of benzene rings is 2. The first-order valence-electron chi connectivity index (χ1n) is 7.76. The molecule has 0 saturated carbocycles. The van der Waals surface area contributed by atoms with E-state index in [1.54, 1.807) is 6.07 Å². The quantitative estimate of drug-likeness (QED) is 0.790. The van der Waals surface area contributed by atoms with Gasteiger partial charge < -0.3 is 29.2 Å². The van der Waals surface area contributed by atoms with Crippen LogP contribution >= 0.6 is 0 Å². The summed E-state index contributed by atoms with van der Waals surface area (Å²) in [5.74, 6) is 1.88. The highest BCUT2D eigenvalue weighted by atomic mass is 16.6. The molecule has 6 nitrogen and oxygen atoms in total. The molecule has 0 radical (unpaired) electrons. The summed E-state index contributed by atoms with van der Waals surface area (Å²) in [5.41, 5.74) is 0. The van der Waals surface area contributed by atoms with E-state index < -0.39 is 0 Å². The first-order chi connectivity index (χ1) is 11.7. The lowest BCUT2D eigenvalue weighted by Crippen LogP contribution is -2.05. The van der Waals surface area contributed by atoms with Crippen LogP contribution in [0.25, 0.3) is 0 Å². The van der Waals surface area contributed by atoms with E-state index in [0.717, 1.165) is 24.7 Å². The van der Waals surface area contributed by atoms with Crippen molar-refractivity contribution in [2.24, 2.45) is 0 Å². The van der Waals surface area contributed by atoms with Gasteiger partial charge in [0.2, 0.25) is 0 Å². The fourth-order valence-electron chi connectivity index (χ4n) is 1.83. The van der Waals surface area contributed by atoms with Crippen LogP contribution in [0.4, 0.5) is 0 Å². The SMILES string of the molecule is Oc1cccc(O)c1.c1cc(OCC2CO2)ccc1OCC1CO1. The molecule has 2 aromatic carbocycles. The zero-order chi connectivity index (χ0) is 16.8. The number of aromatic hydroxyl groups is 2. The van der Waals surface area contributed by atoms with Gasteiger partial charge in [0.15, 0.2) is 0 Å². The number of phenolic OH excluding ortho intramolecular Hbond substituents is 2. The zero-order valence-corrected chi connectivity index (χ0v) is 13.1. The fourth-order valence-corrected chi connectivity index (χ4v) is 1.83. The van der Waals surface area contributed by atoms with Crippen molar-refractivity contribution in [2.75, 3.05) is 26.4 Å². The molecule has 2 aliphatic heterocycles. The molecular weight excluding hydrogens is 312 g/mol. The van der Waals surface area contributed by atoms with Gasteiger partial charge in [0, 0.05) is 6.07 Å². The van der Waals surface area contributed by atoms with Crippen molar-refractivity contribution in [1.82, 2.24) is 0 Å². The van der Waals surface area contributed by atoms with Crippen LogP contribution in [0.5, 0.6) is 23.0 Å². The van der Waals surface area contributed by atoms with Gasteiger partial charge in [-0.1, -0.05) is 6.07 Å². The van der Waals surface area contributed by atoms with E-state index in [9.17, 15) is 0 Å². The molecule has 0 amide bonds. The molecule has 2 saturated heterocycles. The van der Waals surface area contributed by atoms with Crippen LogP contribution < -0.4 is 9.47 Å². The normalized spacial score (nSPS) is 20.5. The third kappa shape index (κ3) is 5.98. The molecule has 2 aliphatic rings. The standard InChI is InChI=1S/C12H14O4.C6H6O2/c1-2-10(14-6-12-8-16-12)4-3-9(1)13-5-11-7-15-11;7-5-2-1-3-6(8)4-5/h1-4,11-12H,5-8H2;1-4,7-8H. The van der Waals surface area contributed by atoms with Crippen molar-refractivity contribution >= 4 is 0 Å². The highest BCUT2D eigenvalue weighted by molar-refractivity contribution is 5.31. The lowest BCUT2D eigenvalue weighted by Gasteiger charge is -2.06. The summed E-state index contributed by atoms with van der Waals surface area (Å²) in [5, 5.41) is 17.3. The molecule has 128 valence electrons. The molecule has 2 atom stereocenters. The van der Waals surface area contributed by atoms with E-state index in [2.05, 4.69) is 0 Å². The summed E-state index contributed by atoms with van der Waals surface area (Å²) in [4.78, 5) is 0. The molecule has 24 heavy (non-hydrogen) atoms. The lowest BCUT2D eigenvalue weighted by atomic mass is 10.3. The minimum Gasteiger partial charge on any atom is -0.508 e. The van der Waals surface area contributed by atoms with Crippen LogP contribution in [-0.4, -0.2) is 48.8 Å². The van der Waals surface area contributed by atoms with E-state index in [4.69, 9.17) is 29.2 Å². The summed E-state index contributed by atoms with van der Waals surface area (Å²) in [6.07, 6.45) is 0.589. The van der Waals surface area contributed by atoms with Gasteiger partial charge >= 0.3 is 0 Å². The highest BCUT2D eigenvalue weighted by Crippen LogP contribution is 2.20. The Morgan fingerprint density at radius 1 is 0.792 bits per heavy atom. The maximum atomic E-state index is 8.65. The molecule has 2 heterocycles. The van der Waals surface area contributed by atoms with E-state index >= 15 is 0 Å². The topological polar surface area (TPSA) is 84.0 Å². The molecular formula is C18H20O6. The van der Waals surface area contributed by atoms with Crippen LogP contribution in [0.3, 0.4) is 0 Å². The Hall–Kier alpha value is -2.44. The summed E-state index contributed by atoms with van der Waals surface area (Å²) >= 11 is 0. The first kappa shape index (κ1) is 16.4. The number of ether oxygens (including phenoxy) is 4. The predicted molar refractivity (Wildman–Crippen MR) is 86.7 cm³/mol. The van der Waals surface area contributed by atoms with E-state index in [-0.39, 0.29) is 11.5 Å². The third-order valence-corrected chi connectivity index (χ3v) is 3.33. The van der Waals surface area contributed by atoms with Gasteiger partial charge in [0.25, 0.3) is 0 Å². The van der Waals surface area contributed by atoms with Crippen LogP contribution in [0, 0.1) is 0 Å². The van der Waals surface area contributed by atoms with E-state index in [1.807, 2.05) is 24.3 Å². The van der Waals surface area contributed by atoms with Gasteiger partial charge in [-0.15, -0.1) is 0 Å². The van der Waals surface area contributed by atoms with Gasteiger partial charge in [-0.05, 0) is 36.4 Å². The molecule has 0 aliphatic carbocycles. The van der Waals surface area contributed by atoms with Crippen LogP contribution in [-0.2, 0) is 9.47 Å². The number of rotatable bonds is 6. The van der Waals surface area contributed by atoms with Gasteiger partial charge in [0.1, 0.15) is 48.4 Å². The fraction of sp³-hybridized carbons (Fsp3) is 0.333. The molecule has 2 fully saturated rings. The monoisotopic (exact) mass is 332 g/mol. The minimum absolute atomic E-state index is 0.0880. The number of hydrogen-bond donors (Lipinski definition) is 2. The number of epoxide rings is 2. The second kappa shape index (κ2) is 7.90. The van der Waals surface area contributed by atoms with E-state index in [1.165, 1.54) is 18.2 Å². The van der Waals surface area contributed by atoms with Crippen LogP contribution in [0.15, 0.2) is 48.5 Å². The van der Waals surface area contributed by atoms with Gasteiger partial charge in [0.05, 0.1) is 13.2 Å². The number of hydrogen-bond acceptors (Lipinski definition) is 6. The largest absolute Gasteiger partial charge is 0.508 e. The number of phenols is 2. The van der Waals surface area contributed by atoms with Crippen molar-refractivity contribution in [3.63, 3.8) is 0 Å². The molecule has 2 aromatic rings. The molecule has 0 aromatic heterocycles. The first-order valence-corrected chi connectivity index (χ1v) is 7.76. The smallest absolute Gasteiger partial charge is 0.119 e. The van der Waals surface area contributed by atoms with Crippen molar-refractivity contribution in [2.45, 2.75) is 12.2 Å². The molecule has 0 spiro atoms. The van der Waals surface area contributed by atoms with Crippen molar-refractivity contribution in [3.8, 4) is 23.0 Å². The second-order valence-corrected chi connectivity index (χ2v) is 5.52. The summed E-state index contributed by atoms with van der Waals surface area (Å²) in [6.45, 7) is 2.91. The second-order valence-electron chi connectivity index (χ2n) is 5.52. The third-order valence-electron chi connectivity index (χ3n) is 3.33. The van der Waals surface area contributed by atoms with Crippen molar-refractivity contribution in [3.05, 3.63) is 48.5 Å². The Morgan fingerprint density at radius 2 is 1.21 bits per heavy atom. The maximum absolute atomic E-state index is 8.65. The Bertz CT molecular complexity index is 582. The summed E-state index contributed by atoms with van der Waals surface area (Å²) in [6, 6.07) is 13.5. The Kier molecular flexibility index (Phi) is 5.40. The Morgan fingerprint density at radius 3 is 1.50 bits per heavy atom.